The van der Waals surface area contributed by atoms with Gasteiger partial charge in [-0.2, -0.15) is 0 Å². The minimum absolute atomic E-state index is 0.264. The smallest absolute Gasteiger partial charge is 0.323 e. The van der Waals surface area contributed by atoms with E-state index in [0.29, 0.717) is 39.8 Å². The second-order valence-corrected chi connectivity index (χ2v) is 9.83. The van der Waals surface area contributed by atoms with E-state index in [1.807, 2.05) is 12.1 Å². The Morgan fingerprint density at radius 2 is 1.85 bits per heavy atom. The fraction of sp³-hybridized carbons (Fsp3) is 0.130. The number of benzene rings is 2. The number of thioether (sulfide) groups is 1. The van der Waals surface area contributed by atoms with E-state index in [1.54, 1.807) is 38.1 Å². The van der Waals surface area contributed by atoms with Gasteiger partial charge in [0, 0.05) is 29.3 Å². The summed E-state index contributed by atoms with van der Waals surface area (Å²) in [4.78, 5) is 33.6. The minimum Gasteiger partial charge on any atom is -0.375 e. The predicted octanol–water partition coefficient (Wildman–Crippen LogP) is 5.59. The summed E-state index contributed by atoms with van der Waals surface area (Å²) in [6, 6.07) is 12.6. The molecule has 0 saturated heterocycles. The Kier molecular flexibility index (Phi) is 5.80. The molecule has 2 N–H and O–H groups in total. The molecule has 0 saturated carbocycles. The molecule has 5 rings (SSSR count). The lowest BCUT2D eigenvalue weighted by atomic mass is 10.2. The Balaban J connectivity index is 1.26. The summed E-state index contributed by atoms with van der Waals surface area (Å²) in [5, 5.41) is 5.37. The first-order valence-corrected chi connectivity index (χ1v) is 12.0. The third-order valence-electron chi connectivity index (χ3n) is 4.92. The SMILES string of the molecule is Cc1cc2nc(CSc3nc4ccc(NC(=O)Nc5ccc(C)c(F)c5)cc4s3)cc(=O)n2o1. The number of aryl methyl sites for hydroxylation is 2. The number of rotatable bonds is 5. The number of fused-ring (bicyclic) bond motifs is 2. The average Bonchev–Trinajstić information content (AvgIpc) is 3.37. The summed E-state index contributed by atoms with van der Waals surface area (Å²) in [5.41, 5.74) is 3.13. The fourth-order valence-corrected chi connectivity index (χ4v) is 5.29. The maximum absolute atomic E-state index is 13.7. The van der Waals surface area contributed by atoms with Gasteiger partial charge in [0.05, 0.1) is 15.9 Å². The van der Waals surface area contributed by atoms with Crippen LogP contribution in [0.25, 0.3) is 15.9 Å². The summed E-state index contributed by atoms with van der Waals surface area (Å²) in [5.74, 6) is 0.718. The van der Waals surface area contributed by atoms with Gasteiger partial charge in [-0.1, -0.05) is 17.8 Å². The number of nitrogens with zero attached hydrogens (tertiary/aromatic N) is 3. The summed E-state index contributed by atoms with van der Waals surface area (Å²) in [6.45, 7) is 3.42. The molecule has 172 valence electrons. The molecular weight excluding hydrogens is 477 g/mol. The number of anilines is 2. The number of hydrogen-bond donors (Lipinski definition) is 2. The molecule has 11 heteroatoms. The summed E-state index contributed by atoms with van der Waals surface area (Å²) >= 11 is 2.96. The van der Waals surface area contributed by atoms with Gasteiger partial charge in [-0.25, -0.2) is 19.2 Å². The highest BCUT2D eigenvalue weighted by molar-refractivity contribution is 8.00. The van der Waals surface area contributed by atoms with Gasteiger partial charge < -0.3 is 15.2 Å². The monoisotopic (exact) mass is 495 g/mol. The number of carbonyl (C=O) groups excluding carboxylic acids is 1. The highest BCUT2D eigenvalue weighted by atomic mass is 32.2. The summed E-state index contributed by atoms with van der Waals surface area (Å²) in [6.07, 6.45) is 0. The number of nitrogens with one attached hydrogen (secondary N) is 2. The van der Waals surface area contributed by atoms with E-state index < -0.39 is 6.03 Å². The molecule has 5 aromatic rings. The topological polar surface area (TPSA) is 102 Å². The van der Waals surface area contributed by atoms with Crippen LogP contribution in [0.4, 0.5) is 20.6 Å². The van der Waals surface area contributed by atoms with E-state index in [4.69, 9.17) is 4.52 Å². The predicted molar refractivity (Wildman–Crippen MR) is 131 cm³/mol. The van der Waals surface area contributed by atoms with Crippen molar-refractivity contribution >= 4 is 56.4 Å². The summed E-state index contributed by atoms with van der Waals surface area (Å²) in [7, 11) is 0. The van der Waals surface area contributed by atoms with Crippen molar-refractivity contribution in [2.45, 2.75) is 23.9 Å². The zero-order valence-corrected chi connectivity index (χ0v) is 19.7. The zero-order chi connectivity index (χ0) is 23.8. The number of aromatic nitrogens is 3. The highest BCUT2D eigenvalue weighted by Gasteiger charge is 2.11. The molecule has 0 radical (unpaired) electrons. The van der Waals surface area contributed by atoms with Gasteiger partial charge >= 0.3 is 6.03 Å². The molecule has 3 heterocycles. The van der Waals surface area contributed by atoms with Crippen LogP contribution >= 0.6 is 23.1 Å². The van der Waals surface area contributed by atoms with Crippen molar-refractivity contribution in [3.05, 3.63) is 81.7 Å². The minimum atomic E-state index is -0.469. The Morgan fingerprint density at radius 1 is 1.09 bits per heavy atom. The molecule has 2 aromatic carbocycles. The lowest BCUT2D eigenvalue weighted by Gasteiger charge is -2.08. The molecule has 0 bridgehead atoms. The van der Waals surface area contributed by atoms with E-state index in [1.165, 1.54) is 39.8 Å². The van der Waals surface area contributed by atoms with Crippen LogP contribution in [0.15, 0.2) is 62.2 Å². The van der Waals surface area contributed by atoms with Gasteiger partial charge in [-0.15, -0.1) is 15.9 Å². The van der Waals surface area contributed by atoms with Gasteiger partial charge in [0.25, 0.3) is 5.56 Å². The van der Waals surface area contributed by atoms with Crippen molar-refractivity contribution in [2.75, 3.05) is 10.6 Å². The zero-order valence-electron chi connectivity index (χ0n) is 18.1. The molecule has 0 aliphatic rings. The molecule has 8 nitrogen and oxygen atoms in total. The third kappa shape index (κ3) is 4.66. The number of hydrogen-bond acceptors (Lipinski definition) is 7. The fourth-order valence-electron chi connectivity index (χ4n) is 3.29. The number of amides is 2. The van der Waals surface area contributed by atoms with Gasteiger partial charge in [0.15, 0.2) is 9.99 Å². The largest absolute Gasteiger partial charge is 0.375 e. The van der Waals surface area contributed by atoms with E-state index in [9.17, 15) is 14.0 Å². The molecule has 0 unspecified atom stereocenters. The van der Waals surface area contributed by atoms with Gasteiger partial charge in [0.1, 0.15) is 11.6 Å². The van der Waals surface area contributed by atoms with Crippen LogP contribution in [-0.2, 0) is 5.75 Å². The number of urea groups is 1. The maximum atomic E-state index is 13.7. The van der Waals surface area contributed by atoms with E-state index in [2.05, 4.69) is 20.6 Å². The average molecular weight is 496 g/mol. The van der Waals surface area contributed by atoms with Crippen molar-refractivity contribution in [1.82, 2.24) is 14.5 Å². The molecule has 3 aromatic heterocycles. The maximum Gasteiger partial charge on any atom is 0.323 e. The molecule has 2 amide bonds. The highest BCUT2D eigenvalue weighted by Crippen LogP contribution is 2.32. The van der Waals surface area contributed by atoms with Gasteiger partial charge in [0.2, 0.25) is 0 Å². The second-order valence-electron chi connectivity index (χ2n) is 7.58. The lowest BCUT2D eigenvalue weighted by Crippen LogP contribution is -2.19. The second kappa shape index (κ2) is 8.92. The quantitative estimate of drug-likeness (QED) is 0.308. The van der Waals surface area contributed by atoms with Crippen LogP contribution in [0, 0.1) is 19.7 Å². The molecule has 0 atom stereocenters. The molecule has 0 aliphatic carbocycles. The first kappa shape index (κ1) is 22.1. The molecule has 34 heavy (non-hydrogen) atoms. The van der Waals surface area contributed by atoms with Crippen LogP contribution in [0.5, 0.6) is 0 Å². The van der Waals surface area contributed by atoms with Crippen LogP contribution in [0.2, 0.25) is 0 Å². The van der Waals surface area contributed by atoms with Crippen molar-refractivity contribution in [2.24, 2.45) is 0 Å². The molecular formula is C23H18FN5O3S2. The van der Waals surface area contributed by atoms with Crippen molar-refractivity contribution in [3.63, 3.8) is 0 Å². The van der Waals surface area contributed by atoms with E-state index >= 15 is 0 Å². The number of thiazole rings is 1. The molecule has 0 aliphatic heterocycles. The van der Waals surface area contributed by atoms with Crippen molar-refractivity contribution in [3.8, 4) is 0 Å². The lowest BCUT2D eigenvalue weighted by molar-refractivity contribution is 0.262. The van der Waals surface area contributed by atoms with Gasteiger partial charge in [-0.3, -0.25) is 4.79 Å². The van der Waals surface area contributed by atoms with Crippen LogP contribution in [0.1, 0.15) is 17.0 Å². The van der Waals surface area contributed by atoms with Crippen LogP contribution in [0.3, 0.4) is 0 Å². The van der Waals surface area contributed by atoms with Crippen LogP contribution in [-0.4, -0.2) is 20.6 Å². The number of carbonyl (C=O) groups is 1. The molecule has 0 fully saturated rings. The van der Waals surface area contributed by atoms with Crippen molar-refractivity contribution < 1.29 is 13.7 Å². The standard InChI is InChI=1S/C23H18FN5O3S2/c1-12-3-4-14(8-17(12)24)26-22(31)27-15-5-6-18-19(9-15)34-23(28-18)33-11-16-10-21(30)29-20(25-16)7-13(2)32-29/h3-10H,11H2,1-2H3,(H2,26,27,31). The number of halogens is 1. The van der Waals surface area contributed by atoms with E-state index in [-0.39, 0.29) is 11.4 Å². The summed E-state index contributed by atoms with van der Waals surface area (Å²) < 4.78 is 21.9. The molecule has 0 spiro atoms. The van der Waals surface area contributed by atoms with E-state index in [0.717, 1.165) is 14.6 Å². The first-order valence-electron chi connectivity index (χ1n) is 10.2. The Bertz CT molecular complexity index is 1610. The first-order chi connectivity index (χ1) is 16.3. The Hall–Kier alpha value is -3.70. The van der Waals surface area contributed by atoms with Gasteiger partial charge in [-0.05, 0) is 49.7 Å². The van der Waals surface area contributed by atoms with Crippen molar-refractivity contribution in [1.29, 1.82) is 0 Å². The Morgan fingerprint density at radius 3 is 2.65 bits per heavy atom. The van der Waals surface area contributed by atoms with Crippen LogP contribution < -0.4 is 16.2 Å². The Labute approximate surface area is 200 Å². The third-order valence-corrected chi connectivity index (χ3v) is 7.12. The normalized spacial score (nSPS) is 11.3.